The minimum atomic E-state index is -0.841. The highest BCUT2D eigenvalue weighted by atomic mass is 14.7. The Labute approximate surface area is 118 Å². The van der Waals surface area contributed by atoms with Crippen molar-refractivity contribution in [3.63, 3.8) is 0 Å². The fourth-order valence-electron chi connectivity index (χ4n) is 2.09. The summed E-state index contributed by atoms with van der Waals surface area (Å²) in [5, 5.41) is -0.841. The van der Waals surface area contributed by atoms with Crippen molar-refractivity contribution in [2.45, 2.75) is 26.0 Å². The summed E-state index contributed by atoms with van der Waals surface area (Å²) in [6, 6.07) is 12.1. The molecular weight excluding hydrogens is 228 g/mol. The van der Waals surface area contributed by atoms with E-state index in [0.29, 0.717) is 0 Å². The number of pyridine rings is 1. The van der Waals surface area contributed by atoms with E-state index in [1.807, 2.05) is 57.2 Å². The van der Waals surface area contributed by atoms with Crippen molar-refractivity contribution >= 4 is 15.7 Å². The Hall–Kier alpha value is -1.50. The maximum atomic E-state index is 6.21. The largest absolute Gasteiger partial charge is 0.256 e. The van der Waals surface area contributed by atoms with Crippen LogP contribution < -0.4 is 0 Å². The predicted molar refractivity (Wildman–Crippen MR) is 82.4 cm³/mol. The predicted octanol–water partition coefficient (Wildman–Crippen LogP) is 3.20. The van der Waals surface area contributed by atoms with Crippen LogP contribution in [0, 0.1) is 12.8 Å². The van der Waals surface area contributed by atoms with Crippen LogP contribution in [-0.4, -0.2) is 20.7 Å². The molecule has 2 aromatic rings. The summed E-state index contributed by atoms with van der Waals surface area (Å²) >= 11 is 0. The molecule has 0 saturated heterocycles. The first-order valence-corrected chi connectivity index (χ1v) is 6.53. The van der Waals surface area contributed by atoms with Crippen molar-refractivity contribution in [3.8, 4) is 11.3 Å². The van der Waals surface area contributed by atoms with Gasteiger partial charge in [0, 0.05) is 11.8 Å². The van der Waals surface area contributed by atoms with Crippen LogP contribution in [0.4, 0.5) is 0 Å². The molecule has 0 fully saturated rings. The van der Waals surface area contributed by atoms with Gasteiger partial charge in [-0.05, 0) is 24.1 Å². The molecule has 0 aliphatic rings. The van der Waals surface area contributed by atoms with Gasteiger partial charge in [-0.2, -0.15) is 0 Å². The lowest BCUT2D eigenvalue weighted by atomic mass is 9.45. The third-order valence-corrected chi connectivity index (χ3v) is 3.60. The van der Waals surface area contributed by atoms with E-state index in [9.17, 15) is 0 Å². The Bertz CT molecular complexity index is 562. The van der Waals surface area contributed by atoms with E-state index in [-0.39, 0.29) is 5.92 Å². The molecule has 0 spiro atoms. The van der Waals surface area contributed by atoms with Gasteiger partial charge in [-0.25, -0.2) is 0 Å². The van der Waals surface area contributed by atoms with E-state index in [4.69, 9.17) is 15.7 Å². The summed E-state index contributed by atoms with van der Waals surface area (Å²) in [5.41, 5.74) is 4.03. The Morgan fingerprint density at radius 1 is 1.11 bits per heavy atom. The van der Waals surface area contributed by atoms with E-state index in [1.165, 1.54) is 0 Å². The molecule has 3 heteroatoms. The zero-order valence-electron chi connectivity index (χ0n) is 11.7. The molecule has 0 atom stereocenters. The van der Waals surface area contributed by atoms with Gasteiger partial charge in [-0.15, -0.1) is 0 Å². The standard InChI is InChI=1S/C16H17B2N/c1-11(2)16(17,18)14-10-19-15(9-12(14)3)13-7-5-4-6-8-13/h4-11H,1-3H3. The Balaban J connectivity index is 2.44. The maximum Gasteiger partial charge on any atom is 0.0704 e. The van der Waals surface area contributed by atoms with Crippen LogP contribution in [0.2, 0.25) is 0 Å². The maximum absolute atomic E-state index is 6.21. The molecule has 0 amide bonds. The smallest absolute Gasteiger partial charge is 0.0704 e. The molecule has 2 rings (SSSR count). The van der Waals surface area contributed by atoms with E-state index < -0.39 is 5.21 Å². The molecule has 0 unspecified atom stereocenters. The number of hydrogen-bond acceptors (Lipinski definition) is 1. The summed E-state index contributed by atoms with van der Waals surface area (Å²) in [4.78, 5) is 4.50. The van der Waals surface area contributed by atoms with Crippen LogP contribution in [0.3, 0.4) is 0 Å². The van der Waals surface area contributed by atoms with Gasteiger partial charge >= 0.3 is 0 Å². The number of aromatic nitrogens is 1. The van der Waals surface area contributed by atoms with E-state index in [0.717, 1.165) is 22.4 Å². The number of hydrogen-bond donors (Lipinski definition) is 0. The Kier molecular flexibility index (Phi) is 3.84. The van der Waals surface area contributed by atoms with Crippen LogP contribution >= 0.6 is 0 Å². The fourth-order valence-corrected chi connectivity index (χ4v) is 2.09. The summed E-state index contributed by atoms with van der Waals surface area (Å²) in [6.07, 6.45) is 1.80. The monoisotopic (exact) mass is 245 g/mol. The van der Waals surface area contributed by atoms with E-state index >= 15 is 0 Å². The van der Waals surface area contributed by atoms with Gasteiger partial charge in [0.15, 0.2) is 0 Å². The molecular formula is C16H17B2N. The number of benzene rings is 1. The molecule has 0 aliphatic carbocycles. The zero-order chi connectivity index (χ0) is 14.0. The number of nitrogens with zero attached hydrogens (tertiary/aromatic N) is 1. The first-order valence-electron chi connectivity index (χ1n) is 6.53. The topological polar surface area (TPSA) is 12.9 Å². The minimum absolute atomic E-state index is 0.149. The Morgan fingerprint density at radius 2 is 1.74 bits per heavy atom. The van der Waals surface area contributed by atoms with Gasteiger partial charge in [-0.3, -0.25) is 4.98 Å². The highest BCUT2D eigenvalue weighted by Crippen LogP contribution is 2.29. The van der Waals surface area contributed by atoms with Crippen LogP contribution in [0.1, 0.15) is 25.0 Å². The average molecular weight is 245 g/mol. The molecule has 0 N–H and O–H groups in total. The number of aryl methyl sites for hydroxylation is 1. The molecule has 0 bridgehead atoms. The molecule has 19 heavy (non-hydrogen) atoms. The van der Waals surface area contributed by atoms with Crippen molar-refractivity contribution in [1.82, 2.24) is 4.98 Å². The second-order valence-electron chi connectivity index (χ2n) is 5.34. The van der Waals surface area contributed by atoms with Gasteiger partial charge in [0.05, 0.1) is 21.4 Å². The van der Waals surface area contributed by atoms with E-state index in [1.54, 1.807) is 6.20 Å². The van der Waals surface area contributed by atoms with Crippen molar-refractivity contribution in [1.29, 1.82) is 0 Å². The summed E-state index contributed by atoms with van der Waals surface area (Å²) in [7, 11) is 12.4. The molecule has 1 aromatic heterocycles. The minimum Gasteiger partial charge on any atom is -0.256 e. The van der Waals surface area contributed by atoms with E-state index in [2.05, 4.69) is 4.98 Å². The van der Waals surface area contributed by atoms with Crippen LogP contribution in [-0.2, 0) is 5.21 Å². The van der Waals surface area contributed by atoms with Crippen molar-refractivity contribution < 1.29 is 0 Å². The Morgan fingerprint density at radius 3 is 2.26 bits per heavy atom. The van der Waals surface area contributed by atoms with Gasteiger partial charge < -0.3 is 0 Å². The molecule has 0 saturated carbocycles. The zero-order valence-corrected chi connectivity index (χ0v) is 11.7. The highest BCUT2D eigenvalue weighted by molar-refractivity contribution is 6.40. The molecule has 1 aromatic carbocycles. The lowest BCUT2D eigenvalue weighted by Crippen LogP contribution is -2.34. The second kappa shape index (κ2) is 5.24. The third-order valence-electron chi connectivity index (χ3n) is 3.60. The molecule has 1 heterocycles. The van der Waals surface area contributed by atoms with Crippen molar-refractivity contribution in [2.75, 3.05) is 0 Å². The van der Waals surface area contributed by atoms with Gasteiger partial charge in [-0.1, -0.05) is 55.3 Å². The molecule has 0 aliphatic heterocycles. The second-order valence-corrected chi connectivity index (χ2v) is 5.34. The lowest BCUT2D eigenvalue weighted by molar-refractivity contribution is 0.566. The number of rotatable bonds is 3. The van der Waals surface area contributed by atoms with Crippen molar-refractivity contribution in [2.24, 2.45) is 5.92 Å². The SMILES string of the molecule is [B]C([B])(c1cnc(-c2ccccc2)cc1C)C(C)C. The van der Waals surface area contributed by atoms with Crippen LogP contribution in [0.25, 0.3) is 11.3 Å². The van der Waals surface area contributed by atoms with Crippen LogP contribution in [0.15, 0.2) is 42.6 Å². The third kappa shape index (κ3) is 2.75. The molecule has 92 valence electrons. The summed E-state index contributed by atoms with van der Waals surface area (Å²) in [5.74, 6) is 0.149. The lowest BCUT2D eigenvalue weighted by Gasteiger charge is -2.32. The molecule has 4 radical (unpaired) electrons. The summed E-state index contributed by atoms with van der Waals surface area (Å²) < 4.78 is 0. The van der Waals surface area contributed by atoms with Gasteiger partial charge in [0.2, 0.25) is 0 Å². The van der Waals surface area contributed by atoms with Gasteiger partial charge in [0.1, 0.15) is 0 Å². The average Bonchev–Trinajstić information content (AvgIpc) is 2.39. The summed E-state index contributed by atoms with van der Waals surface area (Å²) in [6.45, 7) is 6.06. The van der Waals surface area contributed by atoms with Crippen molar-refractivity contribution in [3.05, 3.63) is 53.7 Å². The first kappa shape index (κ1) is 13.9. The normalized spacial score (nSPS) is 11.8. The van der Waals surface area contributed by atoms with Crippen LogP contribution in [0.5, 0.6) is 0 Å². The fraction of sp³-hybridized carbons (Fsp3) is 0.312. The first-order chi connectivity index (χ1) is 8.93. The quantitative estimate of drug-likeness (QED) is 0.756. The molecule has 1 nitrogen and oxygen atoms in total. The van der Waals surface area contributed by atoms with Gasteiger partial charge in [0.25, 0.3) is 0 Å². The highest BCUT2D eigenvalue weighted by Gasteiger charge is 2.25.